The third-order valence-corrected chi connectivity index (χ3v) is 5.70. The molecule has 1 heterocycles. The first-order chi connectivity index (χ1) is 12.3. The number of hydrogen-bond acceptors (Lipinski definition) is 3. The molecule has 2 aromatic carbocycles. The van der Waals surface area contributed by atoms with E-state index in [2.05, 4.69) is 63.3 Å². The Labute approximate surface area is 160 Å². The van der Waals surface area contributed by atoms with Crippen LogP contribution in [-0.4, -0.2) is 17.3 Å². The van der Waals surface area contributed by atoms with E-state index in [1.165, 1.54) is 16.7 Å². The predicted octanol–water partition coefficient (Wildman–Crippen LogP) is 4.96. The summed E-state index contributed by atoms with van der Waals surface area (Å²) >= 11 is 1.66. The van der Waals surface area contributed by atoms with Gasteiger partial charge in [-0.15, -0.1) is 11.8 Å². The molecule has 0 saturated heterocycles. The van der Waals surface area contributed by atoms with Gasteiger partial charge < -0.3 is 10.1 Å². The van der Waals surface area contributed by atoms with E-state index in [0.717, 1.165) is 23.5 Å². The molecule has 1 N–H and O–H groups in total. The number of thioether (sulfide) groups is 1. The number of benzene rings is 2. The first-order valence-corrected chi connectivity index (χ1v) is 10.2. The molecule has 0 unspecified atom stereocenters. The highest BCUT2D eigenvalue weighted by atomic mass is 32.2. The number of amides is 1. The molecule has 1 aliphatic heterocycles. The standard InChI is InChI=1S/C22H27NO2S/c1-15-9-10-18-19(12-22(3,4)25-20(18)11-15)23-21(24)14-26-13-17-8-6-5-7-16(17)2/h5-11,19H,12-14H2,1-4H3,(H,23,24)/t19-/m1/s1. The number of fused-ring (bicyclic) bond motifs is 1. The van der Waals surface area contributed by atoms with Crippen LogP contribution in [0.25, 0.3) is 0 Å². The Hall–Kier alpha value is -1.94. The van der Waals surface area contributed by atoms with Crippen LogP contribution in [-0.2, 0) is 10.5 Å². The molecule has 26 heavy (non-hydrogen) atoms. The lowest BCUT2D eigenvalue weighted by atomic mass is 9.89. The van der Waals surface area contributed by atoms with Gasteiger partial charge in [-0.3, -0.25) is 4.79 Å². The van der Waals surface area contributed by atoms with Gasteiger partial charge in [-0.2, -0.15) is 0 Å². The van der Waals surface area contributed by atoms with Crippen molar-refractivity contribution in [2.24, 2.45) is 0 Å². The number of carbonyl (C=O) groups excluding carboxylic acids is 1. The second-order valence-electron chi connectivity index (χ2n) is 7.65. The van der Waals surface area contributed by atoms with Crippen molar-refractivity contribution in [1.29, 1.82) is 0 Å². The minimum absolute atomic E-state index is 0.000844. The second kappa shape index (κ2) is 7.75. The zero-order chi connectivity index (χ0) is 18.7. The van der Waals surface area contributed by atoms with Crippen molar-refractivity contribution in [3.8, 4) is 5.75 Å². The molecule has 0 fully saturated rings. The van der Waals surface area contributed by atoms with Crippen molar-refractivity contribution < 1.29 is 9.53 Å². The first-order valence-electron chi connectivity index (χ1n) is 9.05. The maximum Gasteiger partial charge on any atom is 0.230 e. The number of aryl methyl sites for hydroxylation is 2. The summed E-state index contributed by atoms with van der Waals surface area (Å²) in [5, 5.41) is 3.21. The summed E-state index contributed by atoms with van der Waals surface area (Å²) in [6.07, 6.45) is 0.775. The minimum Gasteiger partial charge on any atom is -0.487 e. The van der Waals surface area contributed by atoms with E-state index in [1.54, 1.807) is 11.8 Å². The second-order valence-corrected chi connectivity index (χ2v) is 8.63. The lowest BCUT2D eigenvalue weighted by Crippen LogP contribution is -2.41. The van der Waals surface area contributed by atoms with E-state index in [4.69, 9.17) is 4.74 Å². The summed E-state index contributed by atoms with van der Waals surface area (Å²) in [5.41, 5.74) is 4.52. The van der Waals surface area contributed by atoms with Crippen LogP contribution in [0.4, 0.5) is 0 Å². The molecular formula is C22H27NO2S. The van der Waals surface area contributed by atoms with E-state index in [0.29, 0.717) is 5.75 Å². The van der Waals surface area contributed by atoms with Gasteiger partial charge in [-0.25, -0.2) is 0 Å². The highest BCUT2D eigenvalue weighted by molar-refractivity contribution is 7.99. The predicted molar refractivity (Wildman–Crippen MR) is 109 cm³/mol. The van der Waals surface area contributed by atoms with E-state index >= 15 is 0 Å². The minimum atomic E-state index is -0.285. The van der Waals surface area contributed by atoms with Crippen molar-refractivity contribution in [3.63, 3.8) is 0 Å². The van der Waals surface area contributed by atoms with Crippen LogP contribution >= 0.6 is 11.8 Å². The molecule has 3 nitrogen and oxygen atoms in total. The third kappa shape index (κ3) is 4.61. The third-order valence-electron chi connectivity index (χ3n) is 4.71. The van der Waals surface area contributed by atoms with Crippen molar-refractivity contribution in [1.82, 2.24) is 5.32 Å². The molecule has 1 aliphatic rings. The molecule has 4 heteroatoms. The Bertz CT molecular complexity index is 800. The summed E-state index contributed by atoms with van der Waals surface area (Å²) in [4.78, 5) is 12.5. The summed E-state index contributed by atoms with van der Waals surface area (Å²) in [5.74, 6) is 2.29. The highest BCUT2D eigenvalue weighted by Crippen LogP contribution is 2.39. The van der Waals surface area contributed by atoms with Gasteiger partial charge in [0, 0.05) is 17.7 Å². The zero-order valence-corrected chi connectivity index (χ0v) is 16.8. The summed E-state index contributed by atoms with van der Waals surface area (Å²) < 4.78 is 6.11. The number of ether oxygens (including phenoxy) is 1. The topological polar surface area (TPSA) is 38.3 Å². The van der Waals surface area contributed by atoms with Gasteiger partial charge in [0.2, 0.25) is 5.91 Å². The molecule has 0 radical (unpaired) electrons. The molecule has 138 valence electrons. The van der Waals surface area contributed by atoms with E-state index in [1.807, 2.05) is 12.1 Å². The molecule has 1 atom stereocenters. The molecule has 1 amide bonds. The largest absolute Gasteiger partial charge is 0.487 e. The summed E-state index contributed by atoms with van der Waals surface area (Å²) in [6, 6.07) is 14.5. The fourth-order valence-electron chi connectivity index (χ4n) is 3.35. The number of nitrogens with one attached hydrogen (secondary N) is 1. The fraction of sp³-hybridized carbons (Fsp3) is 0.409. The number of carbonyl (C=O) groups is 1. The van der Waals surface area contributed by atoms with Crippen LogP contribution in [0.5, 0.6) is 5.75 Å². The van der Waals surface area contributed by atoms with Gasteiger partial charge >= 0.3 is 0 Å². The van der Waals surface area contributed by atoms with Crippen molar-refractivity contribution >= 4 is 17.7 Å². The highest BCUT2D eigenvalue weighted by Gasteiger charge is 2.34. The van der Waals surface area contributed by atoms with Crippen LogP contribution < -0.4 is 10.1 Å². The van der Waals surface area contributed by atoms with E-state index < -0.39 is 0 Å². The zero-order valence-electron chi connectivity index (χ0n) is 16.0. The van der Waals surface area contributed by atoms with Crippen LogP contribution in [0.2, 0.25) is 0 Å². The lowest BCUT2D eigenvalue weighted by Gasteiger charge is -2.38. The SMILES string of the molecule is Cc1ccc2c(c1)OC(C)(C)C[C@H]2NC(=O)CSCc1ccccc1C. The Kier molecular flexibility index (Phi) is 5.61. The Morgan fingerprint density at radius 3 is 2.77 bits per heavy atom. The molecule has 2 aromatic rings. The Balaban J connectivity index is 1.61. The molecular weight excluding hydrogens is 342 g/mol. The van der Waals surface area contributed by atoms with Crippen LogP contribution in [0.3, 0.4) is 0 Å². The quantitative estimate of drug-likeness (QED) is 0.810. The van der Waals surface area contributed by atoms with Crippen molar-refractivity contribution in [3.05, 3.63) is 64.7 Å². The Morgan fingerprint density at radius 1 is 1.23 bits per heavy atom. The van der Waals surface area contributed by atoms with Gasteiger partial charge in [0.15, 0.2) is 0 Å². The number of rotatable bonds is 5. The summed E-state index contributed by atoms with van der Waals surface area (Å²) in [7, 11) is 0. The Morgan fingerprint density at radius 2 is 2.00 bits per heavy atom. The van der Waals surface area contributed by atoms with Crippen molar-refractivity contribution in [2.75, 3.05) is 5.75 Å². The summed E-state index contributed by atoms with van der Waals surface area (Å²) in [6.45, 7) is 8.31. The molecule has 0 spiro atoms. The fourth-order valence-corrected chi connectivity index (χ4v) is 4.26. The average molecular weight is 370 g/mol. The van der Waals surface area contributed by atoms with Gasteiger partial charge in [-0.1, -0.05) is 36.4 Å². The van der Waals surface area contributed by atoms with Gasteiger partial charge in [0.05, 0.1) is 11.8 Å². The first kappa shape index (κ1) is 18.8. The van der Waals surface area contributed by atoms with E-state index in [9.17, 15) is 4.79 Å². The van der Waals surface area contributed by atoms with Gasteiger partial charge in [0.1, 0.15) is 11.4 Å². The smallest absolute Gasteiger partial charge is 0.230 e. The van der Waals surface area contributed by atoms with Crippen LogP contribution in [0, 0.1) is 13.8 Å². The molecule has 3 rings (SSSR count). The maximum atomic E-state index is 12.5. The molecule has 0 bridgehead atoms. The lowest BCUT2D eigenvalue weighted by molar-refractivity contribution is -0.119. The van der Waals surface area contributed by atoms with Crippen LogP contribution in [0.1, 0.15) is 48.6 Å². The van der Waals surface area contributed by atoms with Gasteiger partial charge in [-0.05, 0) is 50.5 Å². The van der Waals surface area contributed by atoms with Crippen molar-refractivity contribution in [2.45, 2.75) is 51.5 Å². The van der Waals surface area contributed by atoms with Gasteiger partial charge in [0.25, 0.3) is 0 Å². The molecule has 0 saturated carbocycles. The molecule has 0 aromatic heterocycles. The molecule has 0 aliphatic carbocycles. The normalized spacial score (nSPS) is 17.9. The number of hydrogen-bond donors (Lipinski definition) is 1. The maximum absolute atomic E-state index is 12.5. The average Bonchev–Trinajstić information content (AvgIpc) is 2.55. The monoisotopic (exact) mass is 369 g/mol. The van der Waals surface area contributed by atoms with E-state index in [-0.39, 0.29) is 17.6 Å². The van der Waals surface area contributed by atoms with Crippen LogP contribution in [0.15, 0.2) is 42.5 Å².